The van der Waals surface area contributed by atoms with Crippen LogP contribution in [0.4, 0.5) is 0 Å². The van der Waals surface area contributed by atoms with Crippen LogP contribution in [-0.4, -0.2) is 39.3 Å². The molecule has 0 unspecified atom stereocenters. The Kier molecular flexibility index (Phi) is 8.03. The number of ether oxygens (including phenoxy) is 1. The molecule has 0 aliphatic carbocycles. The summed E-state index contributed by atoms with van der Waals surface area (Å²) in [6.07, 6.45) is 0.986. The van der Waals surface area contributed by atoms with Gasteiger partial charge in [-0.25, -0.2) is 12.7 Å². The van der Waals surface area contributed by atoms with Crippen LogP contribution in [0.15, 0.2) is 53.4 Å². The third-order valence-electron chi connectivity index (χ3n) is 4.73. The first-order valence-corrected chi connectivity index (χ1v) is 11.5. The van der Waals surface area contributed by atoms with Crippen molar-refractivity contribution in [2.24, 2.45) is 0 Å². The topological polar surface area (TPSA) is 75.7 Å². The fourth-order valence-corrected chi connectivity index (χ4v) is 3.65. The standard InChI is InChI=1S/C23H32N2O4S/c1-23(2,3)19-10-12-20(13-11-19)29-16-6-7-22(26)24-17-18-8-14-21(15-9-18)30(27,28)25(4)5/h8-15H,6-7,16-17H2,1-5H3,(H,24,26). The molecule has 0 radical (unpaired) electrons. The summed E-state index contributed by atoms with van der Waals surface area (Å²) in [7, 11) is -0.452. The number of carbonyl (C=O) groups is 1. The van der Waals surface area contributed by atoms with E-state index >= 15 is 0 Å². The van der Waals surface area contributed by atoms with Crippen molar-refractivity contribution < 1.29 is 17.9 Å². The molecule has 0 aliphatic heterocycles. The summed E-state index contributed by atoms with van der Waals surface area (Å²) in [6, 6.07) is 14.6. The molecule has 1 amide bonds. The molecular weight excluding hydrogens is 400 g/mol. The van der Waals surface area contributed by atoms with Gasteiger partial charge in [-0.1, -0.05) is 45.0 Å². The Morgan fingerprint density at radius 2 is 1.60 bits per heavy atom. The van der Waals surface area contributed by atoms with Gasteiger partial charge in [0.25, 0.3) is 0 Å². The molecule has 7 heteroatoms. The molecule has 0 spiro atoms. The zero-order valence-corrected chi connectivity index (χ0v) is 19.3. The Bertz CT molecular complexity index is 929. The first-order valence-electron chi connectivity index (χ1n) is 10.0. The average molecular weight is 433 g/mol. The molecule has 0 fully saturated rings. The SMILES string of the molecule is CN(C)S(=O)(=O)c1ccc(CNC(=O)CCCOc2ccc(C(C)(C)C)cc2)cc1. The monoisotopic (exact) mass is 432 g/mol. The highest BCUT2D eigenvalue weighted by atomic mass is 32.2. The molecule has 6 nitrogen and oxygen atoms in total. The number of nitrogens with zero attached hydrogens (tertiary/aromatic N) is 1. The molecule has 1 N–H and O–H groups in total. The molecule has 0 aliphatic rings. The fourth-order valence-electron chi connectivity index (χ4n) is 2.75. The molecule has 2 aromatic carbocycles. The summed E-state index contributed by atoms with van der Waals surface area (Å²) in [5.41, 5.74) is 2.20. The molecule has 0 bridgehead atoms. The number of nitrogens with one attached hydrogen (secondary N) is 1. The molecule has 0 aromatic heterocycles. The molecule has 0 saturated carbocycles. The lowest BCUT2D eigenvalue weighted by atomic mass is 9.87. The maximum atomic E-state index is 12.1. The number of benzene rings is 2. The zero-order chi connectivity index (χ0) is 22.4. The maximum absolute atomic E-state index is 12.1. The van der Waals surface area contributed by atoms with Gasteiger partial charge in [0.05, 0.1) is 11.5 Å². The minimum atomic E-state index is -3.44. The predicted octanol–water partition coefficient (Wildman–Crippen LogP) is 3.71. The summed E-state index contributed by atoms with van der Waals surface area (Å²) in [6.45, 7) is 7.33. The van der Waals surface area contributed by atoms with E-state index in [0.717, 1.165) is 11.3 Å². The Balaban J connectivity index is 1.71. The quantitative estimate of drug-likeness (QED) is 0.613. The molecular formula is C23H32N2O4S. The van der Waals surface area contributed by atoms with Crippen molar-refractivity contribution in [1.82, 2.24) is 9.62 Å². The highest BCUT2D eigenvalue weighted by molar-refractivity contribution is 7.89. The average Bonchev–Trinajstić information content (AvgIpc) is 2.69. The van der Waals surface area contributed by atoms with E-state index in [2.05, 4.69) is 38.2 Å². The normalized spacial score (nSPS) is 12.1. The zero-order valence-electron chi connectivity index (χ0n) is 18.4. The van der Waals surface area contributed by atoms with Gasteiger partial charge >= 0.3 is 0 Å². The van der Waals surface area contributed by atoms with Crippen LogP contribution in [0.5, 0.6) is 5.75 Å². The van der Waals surface area contributed by atoms with Crippen LogP contribution >= 0.6 is 0 Å². The van der Waals surface area contributed by atoms with Crippen molar-refractivity contribution in [2.45, 2.75) is 50.5 Å². The van der Waals surface area contributed by atoms with Gasteiger partial charge in [0.15, 0.2) is 0 Å². The third-order valence-corrected chi connectivity index (χ3v) is 6.56. The van der Waals surface area contributed by atoms with Crippen LogP contribution < -0.4 is 10.1 Å². The van der Waals surface area contributed by atoms with Crippen molar-refractivity contribution in [3.8, 4) is 5.75 Å². The summed E-state index contributed by atoms with van der Waals surface area (Å²) < 4.78 is 31.0. The van der Waals surface area contributed by atoms with Gasteiger partial charge in [0, 0.05) is 27.1 Å². The summed E-state index contributed by atoms with van der Waals surface area (Å²) in [5.74, 6) is 0.739. The van der Waals surface area contributed by atoms with E-state index in [-0.39, 0.29) is 16.2 Å². The summed E-state index contributed by atoms with van der Waals surface area (Å²) in [5, 5.41) is 2.85. The predicted molar refractivity (Wildman–Crippen MR) is 119 cm³/mol. The first-order chi connectivity index (χ1) is 14.0. The number of hydrogen-bond donors (Lipinski definition) is 1. The third kappa shape index (κ3) is 6.85. The molecule has 164 valence electrons. The lowest BCUT2D eigenvalue weighted by Crippen LogP contribution is -2.23. The Morgan fingerprint density at radius 3 is 2.13 bits per heavy atom. The van der Waals surface area contributed by atoms with Crippen molar-refractivity contribution in [2.75, 3.05) is 20.7 Å². The van der Waals surface area contributed by atoms with Crippen LogP contribution in [-0.2, 0) is 26.8 Å². The second-order valence-corrected chi connectivity index (χ2v) is 10.6. The molecule has 0 heterocycles. The minimum absolute atomic E-state index is 0.0633. The highest BCUT2D eigenvalue weighted by Crippen LogP contribution is 2.24. The van der Waals surface area contributed by atoms with E-state index in [4.69, 9.17) is 4.74 Å². The van der Waals surface area contributed by atoms with Crippen LogP contribution in [0, 0.1) is 0 Å². The summed E-state index contributed by atoms with van der Waals surface area (Å²) in [4.78, 5) is 12.3. The van der Waals surface area contributed by atoms with Gasteiger partial charge in [-0.15, -0.1) is 0 Å². The number of hydrogen-bond acceptors (Lipinski definition) is 4. The maximum Gasteiger partial charge on any atom is 0.242 e. The van der Waals surface area contributed by atoms with Crippen molar-refractivity contribution in [3.05, 3.63) is 59.7 Å². The number of sulfonamides is 1. The Labute approximate surface area is 180 Å². The number of carbonyl (C=O) groups excluding carboxylic acids is 1. The van der Waals surface area contributed by atoms with Crippen LogP contribution in [0.3, 0.4) is 0 Å². The van der Waals surface area contributed by atoms with Crippen molar-refractivity contribution in [1.29, 1.82) is 0 Å². The Morgan fingerprint density at radius 1 is 1.00 bits per heavy atom. The lowest BCUT2D eigenvalue weighted by Gasteiger charge is -2.19. The smallest absolute Gasteiger partial charge is 0.242 e. The minimum Gasteiger partial charge on any atom is -0.494 e. The largest absolute Gasteiger partial charge is 0.494 e. The van der Waals surface area contributed by atoms with E-state index in [1.165, 1.54) is 24.0 Å². The van der Waals surface area contributed by atoms with Gasteiger partial charge in [-0.05, 0) is 47.2 Å². The second-order valence-electron chi connectivity index (χ2n) is 8.43. The fraction of sp³-hybridized carbons (Fsp3) is 0.435. The van der Waals surface area contributed by atoms with Gasteiger partial charge in [0.2, 0.25) is 15.9 Å². The van der Waals surface area contributed by atoms with Gasteiger partial charge in [0.1, 0.15) is 5.75 Å². The molecule has 2 aromatic rings. The Hall–Kier alpha value is -2.38. The van der Waals surface area contributed by atoms with E-state index in [9.17, 15) is 13.2 Å². The van der Waals surface area contributed by atoms with Crippen LogP contribution in [0.1, 0.15) is 44.7 Å². The number of rotatable bonds is 9. The second kappa shape index (κ2) is 10.1. The molecule has 30 heavy (non-hydrogen) atoms. The van der Waals surface area contributed by atoms with E-state index in [0.29, 0.717) is 26.0 Å². The first kappa shape index (κ1) is 23.9. The summed E-state index contributed by atoms with van der Waals surface area (Å²) >= 11 is 0. The lowest BCUT2D eigenvalue weighted by molar-refractivity contribution is -0.121. The van der Waals surface area contributed by atoms with Gasteiger partial charge in [-0.2, -0.15) is 0 Å². The van der Waals surface area contributed by atoms with Gasteiger partial charge < -0.3 is 10.1 Å². The molecule has 0 atom stereocenters. The van der Waals surface area contributed by atoms with Crippen LogP contribution in [0.25, 0.3) is 0 Å². The van der Waals surface area contributed by atoms with Crippen molar-refractivity contribution in [3.63, 3.8) is 0 Å². The van der Waals surface area contributed by atoms with Crippen molar-refractivity contribution >= 4 is 15.9 Å². The van der Waals surface area contributed by atoms with Gasteiger partial charge in [-0.3, -0.25) is 4.79 Å². The van der Waals surface area contributed by atoms with E-state index in [1.807, 2.05) is 12.1 Å². The number of amides is 1. The van der Waals surface area contributed by atoms with E-state index in [1.54, 1.807) is 24.3 Å². The van der Waals surface area contributed by atoms with Crippen LogP contribution in [0.2, 0.25) is 0 Å². The molecule has 0 saturated heterocycles. The van der Waals surface area contributed by atoms with E-state index < -0.39 is 10.0 Å². The molecule has 2 rings (SSSR count). The highest BCUT2D eigenvalue weighted by Gasteiger charge is 2.16.